The number of Topliss-reactive ketones (excluding diaryl/α,β-unsaturated/α-hetero) is 1. The van der Waals surface area contributed by atoms with Crippen molar-refractivity contribution in [2.75, 3.05) is 12.4 Å². The molecule has 0 aromatic heterocycles. The number of hydrogen-bond acceptors (Lipinski definition) is 5. The van der Waals surface area contributed by atoms with Crippen LogP contribution in [0.5, 0.6) is 11.5 Å². The van der Waals surface area contributed by atoms with Gasteiger partial charge in [-0.1, -0.05) is 50.2 Å². The third kappa shape index (κ3) is 3.56. The highest BCUT2D eigenvalue weighted by atomic mass is 16.6. The van der Waals surface area contributed by atoms with Crippen LogP contribution in [-0.4, -0.2) is 18.9 Å². The zero-order chi connectivity index (χ0) is 20.5. The lowest BCUT2D eigenvalue weighted by Crippen LogP contribution is -2.23. The van der Waals surface area contributed by atoms with Crippen LogP contribution < -0.4 is 14.8 Å². The minimum absolute atomic E-state index is 0.106. The molecular formula is C24H23NO4. The molecule has 0 amide bonds. The number of hydrogen-bond donors (Lipinski definition) is 1. The standard InChI is InChI=1S/C24H23NO4/c1-14(2)24(27)29-21-11-9-16(12-22(21)28-3)19-13-20(26)23-17-7-5-4-6-15(17)8-10-18(23)25-19/h4-12,14,19,25H,13H2,1-3H3/t19-/m1/s1. The molecule has 29 heavy (non-hydrogen) atoms. The average Bonchev–Trinajstić information content (AvgIpc) is 2.73. The van der Waals surface area contributed by atoms with Gasteiger partial charge < -0.3 is 14.8 Å². The maximum Gasteiger partial charge on any atom is 0.313 e. The first-order chi connectivity index (χ1) is 14.0. The summed E-state index contributed by atoms with van der Waals surface area (Å²) >= 11 is 0. The van der Waals surface area contributed by atoms with Gasteiger partial charge in [-0.15, -0.1) is 0 Å². The summed E-state index contributed by atoms with van der Waals surface area (Å²) in [6.07, 6.45) is 0.343. The first-order valence-electron chi connectivity index (χ1n) is 9.69. The zero-order valence-corrected chi connectivity index (χ0v) is 16.7. The Morgan fingerprint density at radius 3 is 2.62 bits per heavy atom. The molecule has 0 unspecified atom stereocenters. The largest absolute Gasteiger partial charge is 0.493 e. The van der Waals surface area contributed by atoms with Gasteiger partial charge in [0.1, 0.15) is 0 Å². The number of methoxy groups -OCH3 is 1. The van der Waals surface area contributed by atoms with E-state index >= 15 is 0 Å². The highest BCUT2D eigenvalue weighted by Gasteiger charge is 2.28. The molecule has 3 aromatic rings. The molecule has 0 radical (unpaired) electrons. The van der Waals surface area contributed by atoms with Crippen molar-refractivity contribution in [2.45, 2.75) is 26.3 Å². The maximum absolute atomic E-state index is 13.0. The van der Waals surface area contributed by atoms with Gasteiger partial charge in [0.2, 0.25) is 0 Å². The van der Waals surface area contributed by atoms with Gasteiger partial charge in [-0.2, -0.15) is 0 Å². The summed E-state index contributed by atoms with van der Waals surface area (Å²) < 4.78 is 10.8. The van der Waals surface area contributed by atoms with Crippen LogP contribution in [-0.2, 0) is 4.79 Å². The molecule has 1 N–H and O–H groups in total. The van der Waals surface area contributed by atoms with Crippen LogP contribution in [0.1, 0.15) is 42.2 Å². The predicted octanol–water partition coefficient (Wildman–Crippen LogP) is 5.15. The molecule has 0 saturated carbocycles. The van der Waals surface area contributed by atoms with Gasteiger partial charge in [0.15, 0.2) is 17.3 Å². The molecule has 5 nitrogen and oxygen atoms in total. The van der Waals surface area contributed by atoms with Crippen molar-refractivity contribution < 1.29 is 19.1 Å². The number of esters is 1. The van der Waals surface area contributed by atoms with Crippen molar-refractivity contribution in [3.05, 3.63) is 65.7 Å². The van der Waals surface area contributed by atoms with Gasteiger partial charge in [-0.25, -0.2) is 0 Å². The van der Waals surface area contributed by atoms with Crippen LogP contribution in [0.2, 0.25) is 0 Å². The Balaban J connectivity index is 1.66. The minimum atomic E-state index is -0.317. The molecule has 5 heteroatoms. The molecule has 148 valence electrons. The van der Waals surface area contributed by atoms with E-state index in [2.05, 4.69) is 5.32 Å². The molecule has 1 atom stereocenters. The second-order valence-electron chi connectivity index (χ2n) is 7.52. The fourth-order valence-electron chi connectivity index (χ4n) is 3.63. The van der Waals surface area contributed by atoms with E-state index in [1.165, 1.54) is 7.11 Å². The van der Waals surface area contributed by atoms with Gasteiger partial charge in [0.05, 0.1) is 19.1 Å². The lowest BCUT2D eigenvalue weighted by molar-refractivity contribution is -0.137. The fraction of sp³-hybridized carbons (Fsp3) is 0.250. The van der Waals surface area contributed by atoms with Crippen LogP contribution in [0.3, 0.4) is 0 Å². The minimum Gasteiger partial charge on any atom is -0.493 e. The Labute approximate surface area is 169 Å². The second-order valence-corrected chi connectivity index (χ2v) is 7.52. The molecule has 1 heterocycles. The van der Waals surface area contributed by atoms with Crippen molar-refractivity contribution in [1.82, 2.24) is 0 Å². The molecule has 1 aliphatic heterocycles. The van der Waals surface area contributed by atoms with Crippen LogP contribution in [0.4, 0.5) is 5.69 Å². The summed E-state index contributed by atoms with van der Waals surface area (Å²) in [5.74, 6) is 0.402. The highest BCUT2D eigenvalue weighted by Crippen LogP contribution is 2.39. The van der Waals surface area contributed by atoms with Crippen LogP contribution in [0.25, 0.3) is 10.8 Å². The van der Waals surface area contributed by atoms with Crippen molar-refractivity contribution in [3.8, 4) is 11.5 Å². The fourth-order valence-corrected chi connectivity index (χ4v) is 3.63. The van der Waals surface area contributed by atoms with Gasteiger partial charge >= 0.3 is 5.97 Å². The van der Waals surface area contributed by atoms with E-state index in [-0.39, 0.29) is 23.7 Å². The summed E-state index contributed by atoms with van der Waals surface area (Å²) in [6.45, 7) is 3.56. The van der Waals surface area contributed by atoms with Crippen molar-refractivity contribution in [2.24, 2.45) is 5.92 Å². The zero-order valence-electron chi connectivity index (χ0n) is 16.7. The van der Waals surface area contributed by atoms with E-state index in [4.69, 9.17) is 9.47 Å². The summed E-state index contributed by atoms with van der Waals surface area (Å²) in [5, 5.41) is 5.50. The highest BCUT2D eigenvalue weighted by molar-refractivity contribution is 6.14. The van der Waals surface area contributed by atoms with E-state index in [0.29, 0.717) is 17.9 Å². The topological polar surface area (TPSA) is 64.6 Å². The van der Waals surface area contributed by atoms with Crippen LogP contribution in [0, 0.1) is 5.92 Å². The molecule has 0 saturated heterocycles. The van der Waals surface area contributed by atoms with Crippen molar-refractivity contribution in [1.29, 1.82) is 0 Å². The summed E-state index contributed by atoms with van der Waals surface area (Å²) in [7, 11) is 1.53. The number of carbonyl (C=O) groups is 2. The lowest BCUT2D eigenvalue weighted by Gasteiger charge is -2.28. The molecule has 4 rings (SSSR count). The van der Waals surface area contributed by atoms with E-state index in [1.807, 2.05) is 48.5 Å². The van der Waals surface area contributed by atoms with E-state index in [0.717, 1.165) is 27.6 Å². The van der Waals surface area contributed by atoms with Crippen LogP contribution in [0.15, 0.2) is 54.6 Å². The number of benzene rings is 3. The SMILES string of the molecule is COc1cc([C@H]2CC(=O)c3c(ccc4ccccc34)N2)ccc1OC(=O)C(C)C. The molecule has 3 aromatic carbocycles. The Morgan fingerprint density at radius 2 is 1.86 bits per heavy atom. The molecule has 0 fully saturated rings. The molecule has 0 aliphatic carbocycles. The summed E-state index contributed by atoms with van der Waals surface area (Å²) in [4.78, 5) is 24.9. The molecule has 0 spiro atoms. The van der Waals surface area contributed by atoms with Gasteiger partial charge in [0, 0.05) is 17.7 Å². The van der Waals surface area contributed by atoms with Crippen LogP contribution >= 0.6 is 0 Å². The lowest BCUT2D eigenvalue weighted by atomic mass is 9.89. The second kappa shape index (κ2) is 7.59. The first-order valence-corrected chi connectivity index (χ1v) is 9.69. The van der Waals surface area contributed by atoms with E-state index in [9.17, 15) is 9.59 Å². The van der Waals surface area contributed by atoms with Crippen molar-refractivity contribution >= 4 is 28.2 Å². The third-order valence-corrected chi connectivity index (χ3v) is 5.20. The number of ketones is 1. The Morgan fingerprint density at radius 1 is 1.07 bits per heavy atom. The molecule has 0 bridgehead atoms. The van der Waals surface area contributed by atoms with Gasteiger partial charge in [-0.3, -0.25) is 9.59 Å². The summed E-state index contributed by atoms with van der Waals surface area (Å²) in [6, 6.07) is 17.1. The first kappa shape index (κ1) is 19.0. The Hall–Kier alpha value is -3.34. The molecule has 1 aliphatic rings. The van der Waals surface area contributed by atoms with E-state index < -0.39 is 0 Å². The number of ether oxygens (including phenoxy) is 2. The summed E-state index contributed by atoms with van der Waals surface area (Å²) in [5.41, 5.74) is 2.48. The monoisotopic (exact) mass is 389 g/mol. The number of nitrogens with one attached hydrogen (secondary N) is 1. The third-order valence-electron chi connectivity index (χ3n) is 5.20. The van der Waals surface area contributed by atoms with Gasteiger partial charge in [-0.05, 0) is 34.5 Å². The van der Waals surface area contributed by atoms with Gasteiger partial charge in [0.25, 0.3) is 0 Å². The molecular weight excluding hydrogens is 366 g/mol. The predicted molar refractivity (Wildman–Crippen MR) is 113 cm³/mol. The number of fused-ring (bicyclic) bond motifs is 3. The number of anilines is 1. The van der Waals surface area contributed by atoms with Crippen molar-refractivity contribution in [3.63, 3.8) is 0 Å². The maximum atomic E-state index is 13.0. The Bertz CT molecular complexity index is 1100. The van der Waals surface area contributed by atoms with E-state index in [1.54, 1.807) is 19.9 Å². The number of rotatable bonds is 4. The normalized spacial score (nSPS) is 15.7. The number of carbonyl (C=O) groups excluding carboxylic acids is 2. The Kier molecular flexibility index (Phi) is 4.97. The average molecular weight is 389 g/mol. The smallest absolute Gasteiger partial charge is 0.313 e. The quantitative estimate of drug-likeness (QED) is 0.494.